The van der Waals surface area contributed by atoms with E-state index in [-0.39, 0.29) is 11.8 Å². The van der Waals surface area contributed by atoms with Crippen molar-refractivity contribution < 1.29 is 8.42 Å². The number of anilines is 1. The molecule has 2 aromatic carbocycles. The SMILES string of the molecule is Cc1ccc(NS(=O)(=O)c2c(C(C)C)cc(C(C)C)cc2C(C)C)cc1Cl. The van der Waals surface area contributed by atoms with Crippen molar-refractivity contribution in [1.29, 1.82) is 0 Å². The predicted octanol–water partition coefficient (Wildman–Crippen LogP) is 6.82. The van der Waals surface area contributed by atoms with E-state index in [0.29, 0.717) is 21.5 Å². The monoisotopic (exact) mass is 407 g/mol. The highest BCUT2D eigenvalue weighted by Crippen LogP contribution is 2.36. The maximum atomic E-state index is 13.4. The quantitative estimate of drug-likeness (QED) is 0.570. The predicted molar refractivity (Wildman–Crippen MR) is 116 cm³/mol. The molecule has 0 aliphatic heterocycles. The van der Waals surface area contributed by atoms with E-state index >= 15 is 0 Å². The summed E-state index contributed by atoms with van der Waals surface area (Å²) in [5, 5.41) is 0.540. The number of benzene rings is 2. The van der Waals surface area contributed by atoms with Gasteiger partial charge in [-0.15, -0.1) is 0 Å². The van der Waals surface area contributed by atoms with Gasteiger partial charge in [0.15, 0.2) is 0 Å². The third kappa shape index (κ3) is 4.85. The Hall–Kier alpha value is -1.52. The summed E-state index contributed by atoms with van der Waals surface area (Å²) in [5.74, 6) is 0.518. The maximum absolute atomic E-state index is 13.4. The second-order valence-electron chi connectivity index (χ2n) is 8.06. The van der Waals surface area contributed by atoms with Gasteiger partial charge in [0.1, 0.15) is 0 Å². The van der Waals surface area contributed by atoms with Gasteiger partial charge in [0, 0.05) is 5.02 Å². The van der Waals surface area contributed by atoms with E-state index in [2.05, 4.69) is 18.6 Å². The van der Waals surface area contributed by atoms with Crippen LogP contribution in [0.25, 0.3) is 0 Å². The number of sulfonamides is 1. The minimum Gasteiger partial charge on any atom is -0.280 e. The maximum Gasteiger partial charge on any atom is 0.262 e. The van der Waals surface area contributed by atoms with Gasteiger partial charge in [-0.05, 0) is 59.1 Å². The molecule has 0 bridgehead atoms. The summed E-state index contributed by atoms with van der Waals surface area (Å²) >= 11 is 6.17. The van der Waals surface area contributed by atoms with E-state index < -0.39 is 10.0 Å². The molecule has 0 unspecified atom stereocenters. The Morgan fingerprint density at radius 3 is 1.78 bits per heavy atom. The van der Waals surface area contributed by atoms with Crippen LogP contribution in [-0.4, -0.2) is 8.42 Å². The molecule has 0 atom stereocenters. The lowest BCUT2D eigenvalue weighted by Crippen LogP contribution is -2.19. The van der Waals surface area contributed by atoms with Crippen molar-refractivity contribution in [3.8, 4) is 0 Å². The van der Waals surface area contributed by atoms with Crippen molar-refractivity contribution in [2.75, 3.05) is 4.72 Å². The van der Waals surface area contributed by atoms with E-state index in [1.807, 2.05) is 52.8 Å². The summed E-state index contributed by atoms with van der Waals surface area (Å²) in [6.45, 7) is 14.3. The van der Waals surface area contributed by atoms with Gasteiger partial charge < -0.3 is 0 Å². The first-order valence-electron chi connectivity index (χ1n) is 9.40. The molecule has 27 heavy (non-hydrogen) atoms. The van der Waals surface area contributed by atoms with Crippen LogP contribution >= 0.6 is 11.6 Å². The molecule has 0 spiro atoms. The smallest absolute Gasteiger partial charge is 0.262 e. The van der Waals surface area contributed by atoms with E-state index in [9.17, 15) is 8.42 Å². The van der Waals surface area contributed by atoms with Crippen LogP contribution in [0.2, 0.25) is 5.02 Å². The van der Waals surface area contributed by atoms with Crippen molar-refractivity contribution in [2.24, 2.45) is 0 Å². The standard InChI is InChI=1S/C22H30ClNO2S/c1-13(2)17-10-19(14(3)4)22(20(11-17)15(5)6)27(25,26)24-18-9-8-16(7)21(23)12-18/h8-15,24H,1-7H3. The molecule has 5 heteroatoms. The molecule has 0 aliphatic rings. The lowest BCUT2D eigenvalue weighted by molar-refractivity contribution is 0.595. The van der Waals surface area contributed by atoms with E-state index in [0.717, 1.165) is 16.7 Å². The summed E-state index contributed by atoms with van der Waals surface area (Å²) < 4.78 is 29.5. The third-order valence-electron chi connectivity index (χ3n) is 4.77. The first-order chi connectivity index (χ1) is 12.4. The molecule has 0 saturated heterocycles. The molecular weight excluding hydrogens is 378 g/mol. The fourth-order valence-corrected chi connectivity index (χ4v) is 4.99. The molecule has 2 aromatic rings. The number of rotatable bonds is 6. The average molecular weight is 408 g/mol. The summed E-state index contributed by atoms with van der Waals surface area (Å²) in [6, 6.07) is 9.29. The zero-order chi connectivity index (χ0) is 20.5. The molecule has 0 saturated carbocycles. The van der Waals surface area contributed by atoms with Gasteiger partial charge in [-0.1, -0.05) is 71.3 Å². The van der Waals surface area contributed by atoms with Crippen molar-refractivity contribution in [3.05, 3.63) is 57.6 Å². The number of hydrogen-bond acceptors (Lipinski definition) is 2. The van der Waals surface area contributed by atoms with E-state index in [1.165, 1.54) is 5.56 Å². The van der Waals surface area contributed by atoms with Crippen molar-refractivity contribution in [3.63, 3.8) is 0 Å². The van der Waals surface area contributed by atoms with E-state index in [1.54, 1.807) is 12.1 Å². The first-order valence-corrected chi connectivity index (χ1v) is 11.3. The number of nitrogens with one attached hydrogen (secondary N) is 1. The summed E-state index contributed by atoms with van der Waals surface area (Å²) in [4.78, 5) is 0.397. The van der Waals surface area contributed by atoms with Gasteiger partial charge in [-0.3, -0.25) is 4.72 Å². The molecule has 0 aromatic heterocycles. The Morgan fingerprint density at radius 1 is 0.852 bits per heavy atom. The second-order valence-corrected chi connectivity index (χ2v) is 10.1. The molecule has 148 valence electrons. The van der Waals surface area contributed by atoms with E-state index in [4.69, 9.17) is 11.6 Å². The fraction of sp³-hybridized carbons (Fsp3) is 0.455. The minimum atomic E-state index is -3.75. The Balaban J connectivity index is 2.67. The zero-order valence-corrected chi connectivity index (χ0v) is 18.8. The van der Waals surface area contributed by atoms with Gasteiger partial charge in [-0.25, -0.2) is 8.42 Å². The van der Waals surface area contributed by atoms with Gasteiger partial charge in [0.2, 0.25) is 0 Å². The molecular formula is C22H30ClNO2S. The van der Waals surface area contributed by atoms with Crippen LogP contribution < -0.4 is 4.72 Å². The fourth-order valence-electron chi connectivity index (χ4n) is 3.06. The van der Waals surface area contributed by atoms with Crippen LogP contribution in [0.5, 0.6) is 0 Å². The topological polar surface area (TPSA) is 46.2 Å². The Kier molecular flexibility index (Phi) is 6.64. The van der Waals surface area contributed by atoms with Crippen LogP contribution in [0.15, 0.2) is 35.2 Å². The zero-order valence-electron chi connectivity index (χ0n) is 17.2. The van der Waals surface area contributed by atoms with Gasteiger partial charge >= 0.3 is 0 Å². The second kappa shape index (κ2) is 8.24. The average Bonchev–Trinajstić information content (AvgIpc) is 2.56. The molecule has 1 N–H and O–H groups in total. The van der Waals surface area contributed by atoms with Gasteiger partial charge in [0.25, 0.3) is 10.0 Å². The summed E-state index contributed by atoms with van der Waals surface area (Å²) in [7, 11) is -3.75. The van der Waals surface area contributed by atoms with Gasteiger partial charge in [0.05, 0.1) is 10.6 Å². The molecule has 3 nitrogen and oxygen atoms in total. The third-order valence-corrected chi connectivity index (χ3v) is 6.69. The molecule has 0 heterocycles. The normalized spacial score (nSPS) is 12.3. The molecule has 0 amide bonds. The molecule has 0 fully saturated rings. The minimum absolute atomic E-state index is 0.0920. The largest absolute Gasteiger partial charge is 0.280 e. The first kappa shape index (κ1) is 21.8. The molecule has 0 aliphatic carbocycles. The van der Waals surface area contributed by atoms with Crippen LogP contribution in [0, 0.1) is 6.92 Å². The Bertz CT molecular complexity index is 902. The van der Waals surface area contributed by atoms with Crippen LogP contribution in [0.3, 0.4) is 0 Å². The van der Waals surface area contributed by atoms with Crippen LogP contribution in [-0.2, 0) is 10.0 Å². The number of hydrogen-bond donors (Lipinski definition) is 1. The molecule has 2 rings (SSSR count). The lowest BCUT2D eigenvalue weighted by Gasteiger charge is -2.23. The Labute approximate surface area is 169 Å². The highest BCUT2D eigenvalue weighted by molar-refractivity contribution is 7.92. The van der Waals surface area contributed by atoms with Crippen LogP contribution in [0.4, 0.5) is 5.69 Å². The highest BCUT2D eigenvalue weighted by atomic mass is 35.5. The number of aryl methyl sites for hydroxylation is 1. The van der Waals surface area contributed by atoms with Crippen LogP contribution in [0.1, 0.15) is 81.5 Å². The Morgan fingerprint density at radius 2 is 1.37 bits per heavy atom. The van der Waals surface area contributed by atoms with Crippen molar-refractivity contribution in [1.82, 2.24) is 0 Å². The number of halogens is 1. The highest BCUT2D eigenvalue weighted by Gasteiger charge is 2.27. The van der Waals surface area contributed by atoms with Gasteiger partial charge in [-0.2, -0.15) is 0 Å². The summed E-state index contributed by atoms with van der Waals surface area (Å²) in [6.07, 6.45) is 0. The van der Waals surface area contributed by atoms with Crippen molar-refractivity contribution in [2.45, 2.75) is 71.1 Å². The molecule has 0 radical (unpaired) electrons. The summed E-state index contributed by atoms with van der Waals surface area (Å²) in [5.41, 5.74) is 4.26. The van der Waals surface area contributed by atoms with Crippen molar-refractivity contribution >= 4 is 27.3 Å². The lowest BCUT2D eigenvalue weighted by atomic mass is 9.89.